The van der Waals surface area contributed by atoms with Gasteiger partial charge in [0, 0.05) is 19.6 Å². The minimum Gasteiger partial charge on any atom is -0.391 e. The van der Waals surface area contributed by atoms with Gasteiger partial charge in [-0.1, -0.05) is 6.92 Å². The van der Waals surface area contributed by atoms with Crippen LogP contribution in [0.25, 0.3) is 0 Å². The van der Waals surface area contributed by atoms with Crippen LogP contribution < -0.4 is 10.2 Å². The van der Waals surface area contributed by atoms with Gasteiger partial charge in [0.1, 0.15) is 11.6 Å². The highest BCUT2D eigenvalue weighted by molar-refractivity contribution is 5.56. The highest BCUT2D eigenvalue weighted by Crippen LogP contribution is 2.25. The SMILES string of the molecule is CCCNc1cc([N+](=O)[O-])cc(N2CCC(O)C2)n1. The summed E-state index contributed by atoms with van der Waals surface area (Å²) in [5.41, 5.74) is 0.0185. The number of nitrogens with zero attached hydrogens (tertiary/aromatic N) is 3. The van der Waals surface area contributed by atoms with E-state index in [1.807, 2.05) is 11.8 Å². The monoisotopic (exact) mass is 266 g/mol. The molecule has 2 rings (SSSR count). The van der Waals surface area contributed by atoms with E-state index in [0.717, 1.165) is 13.0 Å². The van der Waals surface area contributed by atoms with Crippen molar-refractivity contribution in [3.8, 4) is 0 Å². The lowest BCUT2D eigenvalue weighted by Gasteiger charge is -2.17. The van der Waals surface area contributed by atoms with Crippen molar-refractivity contribution in [2.45, 2.75) is 25.9 Å². The molecule has 1 atom stereocenters. The van der Waals surface area contributed by atoms with Crippen molar-refractivity contribution in [1.82, 2.24) is 4.98 Å². The van der Waals surface area contributed by atoms with Crippen molar-refractivity contribution in [2.75, 3.05) is 29.9 Å². The fourth-order valence-corrected chi connectivity index (χ4v) is 2.06. The quantitative estimate of drug-likeness (QED) is 0.618. The topological polar surface area (TPSA) is 91.5 Å². The Bertz CT molecular complexity index is 466. The van der Waals surface area contributed by atoms with Crippen molar-refractivity contribution in [3.05, 3.63) is 22.2 Å². The zero-order valence-electron chi connectivity index (χ0n) is 10.9. The zero-order valence-corrected chi connectivity index (χ0v) is 10.9. The summed E-state index contributed by atoms with van der Waals surface area (Å²) >= 11 is 0. The summed E-state index contributed by atoms with van der Waals surface area (Å²) in [6, 6.07) is 2.89. The maximum atomic E-state index is 10.9. The number of aliphatic hydroxyl groups is 1. The molecule has 0 saturated carbocycles. The van der Waals surface area contributed by atoms with Gasteiger partial charge >= 0.3 is 0 Å². The molecule has 0 spiro atoms. The molecule has 0 amide bonds. The van der Waals surface area contributed by atoms with Crippen molar-refractivity contribution in [1.29, 1.82) is 0 Å². The Morgan fingerprint density at radius 1 is 1.63 bits per heavy atom. The Kier molecular flexibility index (Phi) is 4.16. The largest absolute Gasteiger partial charge is 0.391 e. The molecular formula is C12H18N4O3. The van der Waals surface area contributed by atoms with Crippen LogP contribution in [0.2, 0.25) is 0 Å². The fraction of sp³-hybridized carbons (Fsp3) is 0.583. The number of nitro groups is 1. The summed E-state index contributed by atoms with van der Waals surface area (Å²) < 4.78 is 0. The average Bonchev–Trinajstić information content (AvgIpc) is 2.82. The maximum Gasteiger partial charge on any atom is 0.276 e. The second-order valence-electron chi connectivity index (χ2n) is 4.64. The van der Waals surface area contributed by atoms with E-state index < -0.39 is 4.92 Å². The number of nitrogens with one attached hydrogen (secondary N) is 1. The number of pyridine rings is 1. The Morgan fingerprint density at radius 3 is 3.00 bits per heavy atom. The van der Waals surface area contributed by atoms with Gasteiger partial charge in [0.2, 0.25) is 0 Å². The lowest BCUT2D eigenvalue weighted by molar-refractivity contribution is -0.384. The van der Waals surface area contributed by atoms with Crippen LogP contribution >= 0.6 is 0 Å². The van der Waals surface area contributed by atoms with Crippen LogP contribution in [0.3, 0.4) is 0 Å². The van der Waals surface area contributed by atoms with Crippen LogP contribution in [0.1, 0.15) is 19.8 Å². The molecule has 0 bridgehead atoms. The molecule has 0 aromatic carbocycles. The Morgan fingerprint density at radius 2 is 2.42 bits per heavy atom. The third kappa shape index (κ3) is 3.31. The summed E-state index contributed by atoms with van der Waals surface area (Å²) in [6.07, 6.45) is 1.21. The van der Waals surface area contributed by atoms with Crippen molar-refractivity contribution >= 4 is 17.3 Å². The number of anilines is 2. The lowest BCUT2D eigenvalue weighted by atomic mass is 10.3. The molecule has 104 valence electrons. The van der Waals surface area contributed by atoms with Gasteiger partial charge in [-0.05, 0) is 12.8 Å². The number of hydrogen-bond donors (Lipinski definition) is 2. The van der Waals surface area contributed by atoms with Crippen molar-refractivity contribution in [3.63, 3.8) is 0 Å². The van der Waals surface area contributed by atoms with Gasteiger partial charge in [0.05, 0.1) is 23.2 Å². The Labute approximate surface area is 111 Å². The van der Waals surface area contributed by atoms with Gasteiger partial charge in [-0.2, -0.15) is 0 Å². The number of aliphatic hydroxyl groups excluding tert-OH is 1. The van der Waals surface area contributed by atoms with E-state index in [4.69, 9.17) is 0 Å². The van der Waals surface area contributed by atoms with Gasteiger partial charge < -0.3 is 15.3 Å². The van der Waals surface area contributed by atoms with Gasteiger partial charge in [-0.25, -0.2) is 4.98 Å². The second kappa shape index (κ2) is 5.83. The molecule has 1 aliphatic rings. The molecule has 1 aromatic rings. The summed E-state index contributed by atoms with van der Waals surface area (Å²) in [5, 5.41) is 23.5. The normalized spacial score (nSPS) is 18.6. The lowest BCUT2D eigenvalue weighted by Crippen LogP contribution is -2.22. The first-order chi connectivity index (χ1) is 9.10. The van der Waals surface area contributed by atoms with E-state index in [1.54, 1.807) is 0 Å². The molecule has 7 nitrogen and oxygen atoms in total. The number of hydrogen-bond acceptors (Lipinski definition) is 6. The van der Waals surface area contributed by atoms with Gasteiger partial charge in [-0.3, -0.25) is 10.1 Å². The molecular weight excluding hydrogens is 248 g/mol. The summed E-state index contributed by atoms with van der Waals surface area (Å²) in [5.74, 6) is 1.05. The first-order valence-corrected chi connectivity index (χ1v) is 6.43. The predicted molar refractivity (Wildman–Crippen MR) is 72.5 cm³/mol. The van der Waals surface area contributed by atoms with E-state index in [9.17, 15) is 15.2 Å². The van der Waals surface area contributed by atoms with E-state index >= 15 is 0 Å². The van der Waals surface area contributed by atoms with Crippen LogP contribution in [-0.2, 0) is 0 Å². The van der Waals surface area contributed by atoms with Gasteiger partial charge in [0.15, 0.2) is 0 Å². The van der Waals surface area contributed by atoms with Crippen molar-refractivity contribution < 1.29 is 10.0 Å². The van der Waals surface area contributed by atoms with Crippen molar-refractivity contribution in [2.24, 2.45) is 0 Å². The summed E-state index contributed by atoms with van der Waals surface area (Å²) in [4.78, 5) is 16.8. The fourth-order valence-electron chi connectivity index (χ4n) is 2.06. The Hall–Kier alpha value is -1.89. The molecule has 1 aromatic heterocycles. The summed E-state index contributed by atoms with van der Waals surface area (Å²) in [6.45, 7) is 3.88. The molecule has 0 aliphatic carbocycles. The zero-order chi connectivity index (χ0) is 13.8. The van der Waals surface area contributed by atoms with E-state index in [0.29, 0.717) is 31.1 Å². The van der Waals surface area contributed by atoms with Gasteiger partial charge in [0.25, 0.3) is 5.69 Å². The summed E-state index contributed by atoms with van der Waals surface area (Å²) in [7, 11) is 0. The standard InChI is InChI=1S/C12H18N4O3/c1-2-4-13-11-6-9(16(18)19)7-12(14-11)15-5-3-10(17)8-15/h6-7,10,17H,2-5,8H2,1H3,(H,13,14). The highest BCUT2D eigenvalue weighted by atomic mass is 16.6. The third-order valence-electron chi connectivity index (χ3n) is 3.05. The van der Waals surface area contributed by atoms with E-state index in [-0.39, 0.29) is 11.8 Å². The number of aromatic nitrogens is 1. The van der Waals surface area contributed by atoms with Crippen LogP contribution in [0, 0.1) is 10.1 Å². The predicted octanol–water partition coefficient (Wildman–Crippen LogP) is 1.38. The maximum absolute atomic E-state index is 10.9. The third-order valence-corrected chi connectivity index (χ3v) is 3.05. The first-order valence-electron chi connectivity index (χ1n) is 6.43. The number of β-amino-alcohol motifs (C(OH)–C–C–N with tert-alkyl or cyclic N) is 1. The Balaban J connectivity index is 2.25. The molecule has 1 saturated heterocycles. The van der Waals surface area contributed by atoms with E-state index in [1.165, 1.54) is 12.1 Å². The highest BCUT2D eigenvalue weighted by Gasteiger charge is 2.23. The van der Waals surface area contributed by atoms with Crippen LogP contribution in [-0.4, -0.2) is 40.8 Å². The van der Waals surface area contributed by atoms with Crippen LogP contribution in [0.4, 0.5) is 17.3 Å². The first kappa shape index (κ1) is 13.5. The van der Waals surface area contributed by atoms with E-state index in [2.05, 4.69) is 10.3 Å². The van der Waals surface area contributed by atoms with Crippen LogP contribution in [0.5, 0.6) is 0 Å². The molecule has 7 heteroatoms. The van der Waals surface area contributed by atoms with Crippen LogP contribution in [0.15, 0.2) is 12.1 Å². The molecule has 0 radical (unpaired) electrons. The molecule has 2 N–H and O–H groups in total. The molecule has 1 aliphatic heterocycles. The minimum absolute atomic E-state index is 0.0185. The number of rotatable bonds is 5. The molecule has 2 heterocycles. The van der Waals surface area contributed by atoms with Gasteiger partial charge in [-0.15, -0.1) is 0 Å². The molecule has 1 fully saturated rings. The second-order valence-corrected chi connectivity index (χ2v) is 4.64. The average molecular weight is 266 g/mol. The smallest absolute Gasteiger partial charge is 0.276 e. The molecule has 1 unspecified atom stereocenters. The minimum atomic E-state index is -0.422. The molecule has 19 heavy (non-hydrogen) atoms.